The fourth-order valence-electron chi connectivity index (χ4n) is 2.36. The second-order valence-corrected chi connectivity index (χ2v) is 4.90. The van der Waals surface area contributed by atoms with Gasteiger partial charge in [-0.2, -0.15) is 5.10 Å². The van der Waals surface area contributed by atoms with Gasteiger partial charge in [0, 0.05) is 17.5 Å². The van der Waals surface area contributed by atoms with Crippen molar-refractivity contribution in [2.24, 2.45) is 0 Å². The van der Waals surface area contributed by atoms with E-state index in [1.807, 2.05) is 13.0 Å². The minimum Gasteiger partial charge on any atom is -0.258 e. The van der Waals surface area contributed by atoms with Crippen molar-refractivity contribution in [2.75, 3.05) is 0 Å². The molecule has 0 fully saturated rings. The molecular weight excluding hydrogens is 292 g/mol. The van der Waals surface area contributed by atoms with E-state index in [-0.39, 0.29) is 22.3 Å². The first-order valence-corrected chi connectivity index (χ1v) is 6.49. The fourth-order valence-corrected chi connectivity index (χ4v) is 2.36. The molecule has 0 saturated carbocycles. The SMILES string of the molecule is Cc1cccc(-n2nc(C(F)F)c3ccc([N+](=O)[O-])cc32)c1. The van der Waals surface area contributed by atoms with Crippen LogP contribution in [0, 0.1) is 17.0 Å². The van der Waals surface area contributed by atoms with Gasteiger partial charge >= 0.3 is 0 Å². The molecule has 1 heterocycles. The topological polar surface area (TPSA) is 61.0 Å². The second kappa shape index (κ2) is 5.18. The van der Waals surface area contributed by atoms with E-state index in [1.165, 1.54) is 22.9 Å². The van der Waals surface area contributed by atoms with Crippen LogP contribution in [0.3, 0.4) is 0 Å². The summed E-state index contributed by atoms with van der Waals surface area (Å²) in [5.41, 5.74) is 1.26. The number of hydrogen-bond donors (Lipinski definition) is 0. The van der Waals surface area contributed by atoms with Crippen molar-refractivity contribution >= 4 is 16.6 Å². The smallest absolute Gasteiger partial charge is 0.258 e. The van der Waals surface area contributed by atoms with Gasteiger partial charge in [-0.1, -0.05) is 12.1 Å². The molecule has 0 aliphatic heterocycles. The van der Waals surface area contributed by atoms with Gasteiger partial charge in [0.25, 0.3) is 12.1 Å². The van der Waals surface area contributed by atoms with Gasteiger partial charge in [0.1, 0.15) is 5.69 Å². The predicted molar refractivity (Wildman–Crippen MR) is 77.4 cm³/mol. The fraction of sp³-hybridized carbons (Fsp3) is 0.133. The molecule has 0 amide bonds. The predicted octanol–water partition coefficient (Wildman–Crippen LogP) is 4.18. The average molecular weight is 303 g/mol. The number of benzene rings is 2. The molecule has 22 heavy (non-hydrogen) atoms. The van der Waals surface area contributed by atoms with Gasteiger partial charge in [-0.05, 0) is 30.7 Å². The molecule has 112 valence electrons. The van der Waals surface area contributed by atoms with Crippen LogP contribution in [0.2, 0.25) is 0 Å². The Morgan fingerprint density at radius 3 is 2.64 bits per heavy atom. The van der Waals surface area contributed by atoms with Crippen molar-refractivity contribution in [3.63, 3.8) is 0 Å². The van der Waals surface area contributed by atoms with Gasteiger partial charge in [-0.3, -0.25) is 10.1 Å². The number of nitro groups is 1. The lowest BCUT2D eigenvalue weighted by Gasteiger charge is -2.04. The zero-order valence-corrected chi connectivity index (χ0v) is 11.5. The first kappa shape index (κ1) is 14.1. The van der Waals surface area contributed by atoms with Crippen molar-refractivity contribution in [3.05, 3.63) is 63.8 Å². The van der Waals surface area contributed by atoms with E-state index in [2.05, 4.69) is 5.10 Å². The van der Waals surface area contributed by atoms with E-state index in [4.69, 9.17) is 0 Å². The monoisotopic (exact) mass is 303 g/mol. The Morgan fingerprint density at radius 1 is 1.23 bits per heavy atom. The number of fused-ring (bicyclic) bond motifs is 1. The Hall–Kier alpha value is -2.83. The molecule has 7 heteroatoms. The summed E-state index contributed by atoms with van der Waals surface area (Å²) in [4.78, 5) is 10.4. The van der Waals surface area contributed by atoms with E-state index >= 15 is 0 Å². The van der Waals surface area contributed by atoms with Gasteiger partial charge in [-0.25, -0.2) is 13.5 Å². The second-order valence-electron chi connectivity index (χ2n) is 4.90. The maximum absolute atomic E-state index is 13.2. The van der Waals surface area contributed by atoms with Gasteiger partial charge in [-0.15, -0.1) is 0 Å². The molecule has 0 radical (unpaired) electrons. The number of hydrogen-bond acceptors (Lipinski definition) is 3. The van der Waals surface area contributed by atoms with Gasteiger partial charge in [0.2, 0.25) is 0 Å². The van der Waals surface area contributed by atoms with Gasteiger partial charge in [0.15, 0.2) is 0 Å². The third kappa shape index (κ3) is 2.30. The Morgan fingerprint density at radius 2 is 2.00 bits per heavy atom. The third-order valence-corrected chi connectivity index (χ3v) is 3.36. The molecule has 3 aromatic rings. The van der Waals surface area contributed by atoms with Crippen LogP contribution in [0.15, 0.2) is 42.5 Å². The molecule has 0 spiro atoms. The Labute approximate surface area is 123 Å². The summed E-state index contributed by atoms with van der Waals surface area (Å²) >= 11 is 0. The lowest BCUT2D eigenvalue weighted by molar-refractivity contribution is -0.384. The van der Waals surface area contributed by atoms with Crippen molar-refractivity contribution in [3.8, 4) is 5.69 Å². The summed E-state index contributed by atoms with van der Waals surface area (Å²) in [7, 11) is 0. The number of nitrogens with zero attached hydrogens (tertiary/aromatic N) is 3. The van der Waals surface area contributed by atoms with Gasteiger partial charge in [0.05, 0.1) is 16.1 Å². The summed E-state index contributed by atoms with van der Waals surface area (Å²) in [6, 6.07) is 10.9. The average Bonchev–Trinajstić information content (AvgIpc) is 2.86. The van der Waals surface area contributed by atoms with E-state index in [9.17, 15) is 18.9 Å². The number of non-ortho nitro benzene ring substituents is 1. The number of aromatic nitrogens is 2. The van der Waals surface area contributed by atoms with Crippen LogP contribution in [0.5, 0.6) is 0 Å². The van der Waals surface area contributed by atoms with Crippen molar-refractivity contribution in [1.29, 1.82) is 0 Å². The molecule has 3 rings (SSSR count). The van der Waals surface area contributed by atoms with Crippen LogP contribution in [-0.2, 0) is 0 Å². The molecular formula is C15H11F2N3O2. The highest BCUT2D eigenvalue weighted by atomic mass is 19.3. The quantitative estimate of drug-likeness (QED) is 0.538. The molecule has 1 aromatic heterocycles. The number of alkyl halides is 2. The van der Waals surface area contributed by atoms with E-state index in [0.717, 1.165) is 5.56 Å². The minimum atomic E-state index is -2.75. The van der Waals surface area contributed by atoms with Gasteiger partial charge < -0.3 is 0 Å². The first-order chi connectivity index (χ1) is 10.5. The summed E-state index contributed by atoms with van der Waals surface area (Å²) in [5, 5.41) is 15.1. The Balaban J connectivity index is 2.32. The highest BCUT2D eigenvalue weighted by Gasteiger charge is 2.21. The van der Waals surface area contributed by atoms with Crippen LogP contribution < -0.4 is 0 Å². The molecule has 0 aliphatic rings. The number of aryl methyl sites for hydroxylation is 1. The maximum atomic E-state index is 13.2. The maximum Gasteiger partial charge on any atom is 0.282 e. The first-order valence-electron chi connectivity index (χ1n) is 6.49. The number of nitro benzene ring substituents is 1. The lowest BCUT2D eigenvalue weighted by atomic mass is 10.2. The highest BCUT2D eigenvalue weighted by molar-refractivity contribution is 5.85. The highest BCUT2D eigenvalue weighted by Crippen LogP contribution is 2.31. The molecule has 0 atom stereocenters. The molecule has 5 nitrogen and oxygen atoms in total. The van der Waals surface area contributed by atoms with Crippen molar-refractivity contribution in [2.45, 2.75) is 13.3 Å². The Kier molecular flexibility index (Phi) is 3.32. The van der Waals surface area contributed by atoms with Crippen LogP contribution in [0.1, 0.15) is 17.7 Å². The largest absolute Gasteiger partial charge is 0.282 e. The minimum absolute atomic E-state index is 0.165. The van der Waals surface area contributed by atoms with Crippen LogP contribution in [-0.4, -0.2) is 14.7 Å². The van der Waals surface area contributed by atoms with Crippen LogP contribution in [0.25, 0.3) is 16.6 Å². The molecule has 0 N–H and O–H groups in total. The zero-order chi connectivity index (χ0) is 15.9. The summed E-state index contributed by atoms with van der Waals surface area (Å²) < 4.78 is 27.6. The lowest BCUT2D eigenvalue weighted by Crippen LogP contribution is -1.98. The summed E-state index contributed by atoms with van der Waals surface area (Å²) in [5.74, 6) is 0. The molecule has 0 saturated heterocycles. The van der Waals surface area contributed by atoms with Crippen LogP contribution >= 0.6 is 0 Å². The molecule has 2 aromatic carbocycles. The van der Waals surface area contributed by atoms with Crippen LogP contribution in [0.4, 0.5) is 14.5 Å². The van der Waals surface area contributed by atoms with E-state index < -0.39 is 11.3 Å². The summed E-state index contributed by atoms with van der Waals surface area (Å²) in [6.07, 6.45) is -2.75. The zero-order valence-electron chi connectivity index (χ0n) is 11.5. The molecule has 0 aliphatic carbocycles. The van der Waals surface area contributed by atoms with Crippen molar-refractivity contribution in [1.82, 2.24) is 9.78 Å². The molecule has 0 bridgehead atoms. The number of rotatable bonds is 3. The number of halogens is 2. The van der Waals surface area contributed by atoms with E-state index in [1.54, 1.807) is 18.2 Å². The normalized spacial score (nSPS) is 11.3. The summed E-state index contributed by atoms with van der Waals surface area (Å²) in [6.45, 7) is 1.87. The standard InChI is InChI=1S/C15H11F2N3O2/c1-9-3-2-4-10(7-9)19-13-8-11(20(21)22)5-6-12(13)14(18-19)15(16)17/h2-8,15H,1H3. The Bertz CT molecular complexity index is 874. The van der Waals surface area contributed by atoms with Crippen molar-refractivity contribution < 1.29 is 13.7 Å². The molecule has 0 unspecified atom stereocenters. The third-order valence-electron chi connectivity index (χ3n) is 3.36. The van der Waals surface area contributed by atoms with E-state index in [0.29, 0.717) is 5.69 Å².